The first kappa shape index (κ1) is 14.6. The Morgan fingerprint density at radius 1 is 1.45 bits per heavy atom. The lowest BCUT2D eigenvalue weighted by Gasteiger charge is -2.14. The van der Waals surface area contributed by atoms with E-state index in [9.17, 15) is 4.79 Å². The molecule has 0 aliphatic heterocycles. The molecule has 1 aromatic heterocycles. The SMILES string of the molecule is COc1cccc([C@@H](C)NCc2cc(C(=O)O)cs2)c1. The molecule has 2 N–H and O–H groups in total. The summed E-state index contributed by atoms with van der Waals surface area (Å²) >= 11 is 1.45. The fourth-order valence-corrected chi connectivity index (χ4v) is 2.68. The largest absolute Gasteiger partial charge is 0.497 e. The number of thiophene rings is 1. The summed E-state index contributed by atoms with van der Waals surface area (Å²) in [5, 5.41) is 13.9. The summed E-state index contributed by atoms with van der Waals surface area (Å²) in [5.74, 6) is -0.0474. The fourth-order valence-electron chi connectivity index (χ4n) is 1.87. The highest BCUT2D eigenvalue weighted by Crippen LogP contribution is 2.20. The highest BCUT2D eigenvalue weighted by atomic mass is 32.1. The van der Waals surface area contributed by atoms with Gasteiger partial charge in [-0.2, -0.15) is 0 Å². The first-order valence-corrected chi connectivity index (χ1v) is 7.16. The number of rotatable bonds is 6. The van der Waals surface area contributed by atoms with Crippen LogP contribution in [0.1, 0.15) is 33.8 Å². The molecule has 0 fully saturated rings. The van der Waals surface area contributed by atoms with Crippen LogP contribution < -0.4 is 10.1 Å². The first-order valence-electron chi connectivity index (χ1n) is 6.28. The third kappa shape index (κ3) is 3.59. The van der Waals surface area contributed by atoms with Crippen molar-refractivity contribution in [3.8, 4) is 5.75 Å². The van der Waals surface area contributed by atoms with E-state index in [4.69, 9.17) is 9.84 Å². The Morgan fingerprint density at radius 3 is 2.90 bits per heavy atom. The molecule has 4 nitrogen and oxygen atoms in total. The molecule has 5 heteroatoms. The molecule has 1 heterocycles. The number of hydrogen-bond acceptors (Lipinski definition) is 4. The predicted octanol–water partition coefficient (Wildman–Crippen LogP) is 3.31. The highest BCUT2D eigenvalue weighted by molar-refractivity contribution is 7.10. The minimum Gasteiger partial charge on any atom is -0.497 e. The summed E-state index contributed by atoms with van der Waals surface area (Å²) < 4.78 is 5.21. The standard InChI is InChI=1S/C15H17NO3S/c1-10(11-4-3-5-13(6-11)19-2)16-8-14-7-12(9-20-14)15(17)18/h3-7,9-10,16H,8H2,1-2H3,(H,17,18)/t10-/m1/s1. The number of hydrogen-bond donors (Lipinski definition) is 2. The van der Waals surface area contributed by atoms with E-state index in [2.05, 4.69) is 12.2 Å². The summed E-state index contributed by atoms with van der Waals surface area (Å²) in [6.07, 6.45) is 0. The van der Waals surface area contributed by atoms with Gasteiger partial charge < -0.3 is 15.2 Å². The topological polar surface area (TPSA) is 58.6 Å². The van der Waals surface area contributed by atoms with Gasteiger partial charge in [-0.05, 0) is 30.7 Å². The maximum atomic E-state index is 10.8. The Kier molecular flexibility index (Phi) is 4.76. The van der Waals surface area contributed by atoms with Crippen molar-refractivity contribution in [2.24, 2.45) is 0 Å². The van der Waals surface area contributed by atoms with Gasteiger partial charge >= 0.3 is 5.97 Å². The van der Waals surface area contributed by atoms with Gasteiger partial charge in [0.1, 0.15) is 5.75 Å². The van der Waals surface area contributed by atoms with Gasteiger partial charge in [0.25, 0.3) is 0 Å². The number of aromatic carboxylic acids is 1. The van der Waals surface area contributed by atoms with E-state index in [1.54, 1.807) is 18.6 Å². The zero-order chi connectivity index (χ0) is 14.5. The normalized spacial score (nSPS) is 12.1. The molecule has 0 unspecified atom stereocenters. The number of benzene rings is 1. The Morgan fingerprint density at radius 2 is 2.25 bits per heavy atom. The molecule has 0 bridgehead atoms. The van der Waals surface area contributed by atoms with Crippen molar-refractivity contribution in [1.82, 2.24) is 5.32 Å². The van der Waals surface area contributed by atoms with Crippen molar-refractivity contribution in [2.45, 2.75) is 19.5 Å². The van der Waals surface area contributed by atoms with Crippen molar-refractivity contribution < 1.29 is 14.6 Å². The molecule has 1 aromatic carbocycles. The van der Waals surface area contributed by atoms with Crippen LogP contribution in [0.25, 0.3) is 0 Å². The van der Waals surface area contributed by atoms with Crippen LogP contribution in [-0.2, 0) is 6.54 Å². The fraction of sp³-hybridized carbons (Fsp3) is 0.267. The van der Waals surface area contributed by atoms with Gasteiger partial charge in [0.05, 0.1) is 12.7 Å². The van der Waals surface area contributed by atoms with Gasteiger partial charge in [-0.25, -0.2) is 4.79 Å². The van der Waals surface area contributed by atoms with E-state index in [-0.39, 0.29) is 6.04 Å². The van der Waals surface area contributed by atoms with Crippen molar-refractivity contribution in [3.63, 3.8) is 0 Å². The lowest BCUT2D eigenvalue weighted by atomic mass is 10.1. The average molecular weight is 291 g/mol. The molecule has 0 amide bonds. The minimum absolute atomic E-state index is 0.167. The Hall–Kier alpha value is -1.85. The predicted molar refractivity (Wildman–Crippen MR) is 79.5 cm³/mol. The molecule has 0 saturated heterocycles. The Balaban J connectivity index is 1.96. The Bertz CT molecular complexity index is 594. The second-order valence-corrected chi connectivity index (χ2v) is 5.48. The number of ether oxygens (including phenoxy) is 1. The van der Waals surface area contributed by atoms with Gasteiger partial charge in [-0.15, -0.1) is 11.3 Å². The summed E-state index contributed by atoms with van der Waals surface area (Å²) in [5.41, 5.74) is 1.49. The molecule has 0 aliphatic rings. The monoisotopic (exact) mass is 291 g/mol. The van der Waals surface area contributed by atoms with E-state index in [1.807, 2.05) is 24.3 Å². The van der Waals surface area contributed by atoms with Gasteiger partial charge in [0.15, 0.2) is 0 Å². The number of carboxylic acids is 1. The van der Waals surface area contributed by atoms with Crippen molar-refractivity contribution in [2.75, 3.05) is 7.11 Å². The molecule has 0 saturated carbocycles. The molecule has 106 valence electrons. The Labute approximate surface area is 122 Å². The molecule has 20 heavy (non-hydrogen) atoms. The van der Waals surface area contributed by atoms with Crippen molar-refractivity contribution >= 4 is 17.3 Å². The van der Waals surface area contributed by atoms with Crippen molar-refractivity contribution in [3.05, 3.63) is 51.7 Å². The maximum Gasteiger partial charge on any atom is 0.336 e. The molecule has 2 aromatic rings. The molecular formula is C15H17NO3S. The van der Waals surface area contributed by atoms with E-state index >= 15 is 0 Å². The van der Waals surface area contributed by atoms with Crippen LogP contribution in [0.2, 0.25) is 0 Å². The first-order chi connectivity index (χ1) is 9.60. The van der Waals surface area contributed by atoms with Crippen LogP contribution in [0.4, 0.5) is 0 Å². The number of methoxy groups -OCH3 is 1. The maximum absolute atomic E-state index is 10.8. The van der Waals surface area contributed by atoms with E-state index in [0.717, 1.165) is 16.2 Å². The van der Waals surface area contributed by atoms with Crippen LogP contribution in [0.3, 0.4) is 0 Å². The van der Waals surface area contributed by atoms with E-state index in [0.29, 0.717) is 12.1 Å². The van der Waals surface area contributed by atoms with Gasteiger partial charge in [0, 0.05) is 22.8 Å². The van der Waals surface area contributed by atoms with Crippen LogP contribution >= 0.6 is 11.3 Å². The minimum atomic E-state index is -0.881. The number of carboxylic acid groups (broad SMARTS) is 1. The summed E-state index contributed by atoms with van der Waals surface area (Å²) in [6.45, 7) is 2.72. The third-order valence-electron chi connectivity index (χ3n) is 3.08. The second kappa shape index (κ2) is 6.54. The molecule has 0 spiro atoms. The van der Waals surface area contributed by atoms with Crippen molar-refractivity contribution in [1.29, 1.82) is 0 Å². The third-order valence-corrected chi connectivity index (χ3v) is 4.01. The molecule has 0 aliphatic carbocycles. The average Bonchev–Trinajstić information content (AvgIpc) is 2.94. The summed E-state index contributed by atoms with van der Waals surface area (Å²) in [7, 11) is 1.65. The second-order valence-electron chi connectivity index (χ2n) is 4.49. The molecule has 0 radical (unpaired) electrons. The summed E-state index contributed by atoms with van der Waals surface area (Å²) in [4.78, 5) is 11.8. The van der Waals surface area contributed by atoms with Gasteiger partial charge in [0.2, 0.25) is 0 Å². The van der Waals surface area contributed by atoms with E-state index in [1.165, 1.54) is 11.3 Å². The highest BCUT2D eigenvalue weighted by Gasteiger charge is 2.09. The van der Waals surface area contributed by atoms with Gasteiger partial charge in [-0.3, -0.25) is 0 Å². The number of nitrogens with one attached hydrogen (secondary N) is 1. The molecule has 2 rings (SSSR count). The zero-order valence-corrected chi connectivity index (χ0v) is 12.2. The molecule has 1 atom stereocenters. The van der Waals surface area contributed by atoms with Crippen LogP contribution in [0.15, 0.2) is 35.7 Å². The van der Waals surface area contributed by atoms with E-state index < -0.39 is 5.97 Å². The lowest BCUT2D eigenvalue weighted by molar-refractivity contribution is 0.0697. The van der Waals surface area contributed by atoms with Crippen LogP contribution in [0, 0.1) is 0 Å². The van der Waals surface area contributed by atoms with Crippen LogP contribution in [-0.4, -0.2) is 18.2 Å². The van der Waals surface area contributed by atoms with Gasteiger partial charge in [-0.1, -0.05) is 12.1 Å². The quantitative estimate of drug-likeness (QED) is 0.857. The molecular weight excluding hydrogens is 274 g/mol. The van der Waals surface area contributed by atoms with Crippen LogP contribution in [0.5, 0.6) is 5.75 Å². The zero-order valence-electron chi connectivity index (χ0n) is 11.4. The smallest absolute Gasteiger partial charge is 0.336 e. The number of carbonyl (C=O) groups is 1. The lowest BCUT2D eigenvalue weighted by Crippen LogP contribution is -2.17. The summed E-state index contributed by atoms with van der Waals surface area (Å²) in [6, 6.07) is 9.78.